The summed E-state index contributed by atoms with van der Waals surface area (Å²) in [6.45, 7) is 0. The fourth-order valence-corrected chi connectivity index (χ4v) is 1.69. The van der Waals surface area contributed by atoms with E-state index in [1.807, 2.05) is 18.2 Å². The lowest BCUT2D eigenvalue weighted by Gasteiger charge is -2.05. The molecule has 0 fully saturated rings. The number of nitrogens with zero attached hydrogens (tertiary/aromatic N) is 1. The van der Waals surface area contributed by atoms with Gasteiger partial charge in [-0.2, -0.15) is 0 Å². The second kappa shape index (κ2) is 4.66. The van der Waals surface area contributed by atoms with Gasteiger partial charge in [0.25, 0.3) is 0 Å². The summed E-state index contributed by atoms with van der Waals surface area (Å²) >= 11 is 5.89. The number of benzene rings is 1. The highest BCUT2D eigenvalue weighted by Crippen LogP contribution is 2.19. The van der Waals surface area contributed by atoms with Crippen LogP contribution in [0.3, 0.4) is 0 Å². The van der Waals surface area contributed by atoms with E-state index in [1.165, 1.54) is 6.07 Å². The van der Waals surface area contributed by atoms with E-state index in [4.69, 9.17) is 21.6 Å². The van der Waals surface area contributed by atoms with Crippen LogP contribution in [-0.2, 0) is 0 Å². The van der Waals surface area contributed by atoms with Crippen LogP contribution in [0.5, 0.6) is 0 Å². The molecule has 1 aromatic carbocycles. The number of pyridine rings is 1. The summed E-state index contributed by atoms with van der Waals surface area (Å²) in [6.07, 6.45) is 1.67. The summed E-state index contributed by atoms with van der Waals surface area (Å²) in [6, 6.07) is 10.4. The van der Waals surface area contributed by atoms with E-state index in [-0.39, 0.29) is 0 Å². The first-order chi connectivity index (χ1) is 7.66. The van der Waals surface area contributed by atoms with Crippen LogP contribution < -0.4 is 5.46 Å². The molecule has 1 aromatic heterocycles. The molecule has 2 N–H and O–H groups in total. The molecule has 80 valence electrons. The maximum absolute atomic E-state index is 9.10. The summed E-state index contributed by atoms with van der Waals surface area (Å²) in [7, 11) is -1.53. The van der Waals surface area contributed by atoms with Crippen LogP contribution in [0, 0.1) is 0 Å². The van der Waals surface area contributed by atoms with Gasteiger partial charge in [-0.3, -0.25) is 4.98 Å². The van der Waals surface area contributed by atoms with Crippen molar-refractivity contribution in [3.63, 3.8) is 0 Å². The summed E-state index contributed by atoms with van der Waals surface area (Å²) in [4.78, 5) is 4.17. The summed E-state index contributed by atoms with van der Waals surface area (Å²) < 4.78 is 0. The molecule has 0 bridgehead atoms. The number of aromatic nitrogens is 1. The van der Waals surface area contributed by atoms with Gasteiger partial charge in [-0.15, -0.1) is 0 Å². The van der Waals surface area contributed by atoms with Crippen molar-refractivity contribution in [2.75, 3.05) is 0 Å². The third-order valence-electron chi connectivity index (χ3n) is 2.18. The zero-order chi connectivity index (χ0) is 11.5. The highest BCUT2D eigenvalue weighted by molar-refractivity contribution is 6.59. The normalized spacial score (nSPS) is 10.2. The largest absolute Gasteiger partial charge is 0.488 e. The minimum absolute atomic E-state index is 0.355. The Hall–Kier alpha value is -1.36. The van der Waals surface area contributed by atoms with E-state index in [9.17, 15) is 0 Å². The predicted molar refractivity (Wildman–Crippen MR) is 64.5 cm³/mol. The third-order valence-corrected chi connectivity index (χ3v) is 2.40. The average Bonchev–Trinajstić information content (AvgIpc) is 2.29. The molecule has 0 aliphatic carbocycles. The molecular formula is C11H9BClNO2. The van der Waals surface area contributed by atoms with E-state index >= 15 is 0 Å². The van der Waals surface area contributed by atoms with E-state index in [2.05, 4.69) is 4.98 Å². The molecule has 0 unspecified atom stereocenters. The Morgan fingerprint density at radius 3 is 2.56 bits per heavy atom. The lowest BCUT2D eigenvalue weighted by Crippen LogP contribution is -2.29. The van der Waals surface area contributed by atoms with Crippen molar-refractivity contribution in [3.8, 4) is 11.3 Å². The van der Waals surface area contributed by atoms with E-state index in [0.29, 0.717) is 10.5 Å². The van der Waals surface area contributed by atoms with Crippen molar-refractivity contribution in [1.29, 1.82) is 0 Å². The molecule has 0 saturated carbocycles. The van der Waals surface area contributed by atoms with Crippen LogP contribution in [-0.4, -0.2) is 22.2 Å². The van der Waals surface area contributed by atoms with Crippen molar-refractivity contribution >= 4 is 24.2 Å². The SMILES string of the molecule is OB(O)c1cc(Cl)cc(-c2ccccn2)c1. The molecule has 0 aliphatic heterocycles. The molecule has 0 atom stereocenters. The number of halogens is 1. The van der Waals surface area contributed by atoms with Crippen LogP contribution in [0.4, 0.5) is 0 Å². The molecule has 0 saturated heterocycles. The van der Waals surface area contributed by atoms with Crippen molar-refractivity contribution in [3.05, 3.63) is 47.6 Å². The Morgan fingerprint density at radius 1 is 1.12 bits per heavy atom. The van der Waals surface area contributed by atoms with Crippen LogP contribution in [0.2, 0.25) is 5.02 Å². The first kappa shape index (κ1) is 11.1. The van der Waals surface area contributed by atoms with Gasteiger partial charge in [0.05, 0.1) is 5.69 Å². The van der Waals surface area contributed by atoms with Gasteiger partial charge in [0.1, 0.15) is 0 Å². The maximum Gasteiger partial charge on any atom is 0.488 e. The summed E-state index contributed by atoms with van der Waals surface area (Å²) in [5.41, 5.74) is 1.86. The Labute approximate surface area is 98.5 Å². The smallest absolute Gasteiger partial charge is 0.423 e. The van der Waals surface area contributed by atoms with Crippen molar-refractivity contribution in [2.45, 2.75) is 0 Å². The summed E-state index contributed by atoms with van der Waals surface area (Å²) in [5, 5.41) is 18.6. The van der Waals surface area contributed by atoms with Crippen LogP contribution in [0.15, 0.2) is 42.6 Å². The lowest BCUT2D eigenvalue weighted by atomic mass is 9.79. The Balaban J connectivity index is 2.50. The predicted octanol–water partition coefficient (Wildman–Crippen LogP) is 1.08. The van der Waals surface area contributed by atoms with Crippen LogP contribution in [0.25, 0.3) is 11.3 Å². The van der Waals surface area contributed by atoms with E-state index in [1.54, 1.807) is 18.3 Å². The highest BCUT2D eigenvalue weighted by atomic mass is 35.5. The number of rotatable bonds is 2. The molecule has 2 rings (SSSR count). The molecule has 0 aliphatic rings. The second-order valence-corrected chi connectivity index (χ2v) is 3.80. The van der Waals surface area contributed by atoms with Gasteiger partial charge < -0.3 is 10.0 Å². The number of hydrogen-bond acceptors (Lipinski definition) is 3. The lowest BCUT2D eigenvalue weighted by molar-refractivity contribution is 0.426. The van der Waals surface area contributed by atoms with Crippen LogP contribution >= 0.6 is 11.6 Å². The molecule has 5 heteroatoms. The van der Waals surface area contributed by atoms with Gasteiger partial charge in [-0.05, 0) is 29.7 Å². The first-order valence-corrected chi connectivity index (χ1v) is 5.12. The Morgan fingerprint density at radius 2 is 1.94 bits per heavy atom. The van der Waals surface area contributed by atoms with Gasteiger partial charge in [-0.25, -0.2) is 0 Å². The Kier molecular flexibility index (Phi) is 3.24. The van der Waals surface area contributed by atoms with Gasteiger partial charge in [-0.1, -0.05) is 23.7 Å². The minimum atomic E-state index is -1.53. The standard InChI is InChI=1S/C11H9BClNO2/c13-10-6-8(5-9(7-10)12(15)16)11-3-1-2-4-14-11/h1-7,15-16H. The zero-order valence-corrected chi connectivity index (χ0v) is 9.09. The van der Waals surface area contributed by atoms with Gasteiger partial charge in [0.15, 0.2) is 0 Å². The van der Waals surface area contributed by atoms with Gasteiger partial charge >= 0.3 is 7.12 Å². The Bertz CT molecular complexity index is 491. The van der Waals surface area contributed by atoms with E-state index in [0.717, 1.165) is 11.3 Å². The van der Waals surface area contributed by atoms with E-state index < -0.39 is 7.12 Å². The van der Waals surface area contributed by atoms with Crippen molar-refractivity contribution in [1.82, 2.24) is 4.98 Å². The third kappa shape index (κ3) is 2.42. The molecule has 3 nitrogen and oxygen atoms in total. The molecule has 0 spiro atoms. The quantitative estimate of drug-likeness (QED) is 0.763. The fraction of sp³-hybridized carbons (Fsp3) is 0. The maximum atomic E-state index is 9.10. The molecule has 2 aromatic rings. The highest BCUT2D eigenvalue weighted by Gasteiger charge is 2.13. The van der Waals surface area contributed by atoms with Gasteiger partial charge in [0.2, 0.25) is 0 Å². The summed E-state index contributed by atoms with van der Waals surface area (Å²) in [5.74, 6) is 0. The number of hydrogen-bond donors (Lipinski definition) is 2. The molecular weight excluding hydrogens is 224 g/mol. The van der Waals surface area contributed by atoms with Crippen molar-refractivity contribution in [2.24, 2.45) is 0 Å². The van der Waals surface area contributed by atoms with Crippen molar-refractivity contribution < 1.29 is 10.0 Å². The second-order valence-electron chi connectivity index (χ2n) is 3.36. The van der Waals surface area contributed by atoms with Crippen LogP contribution in [0.1, 0.15) is 0 Å². The first-order valence-electron chi connectivity index (χ1n) is 4.75. The average molecular weight is 233 g/mol. The molecule has 16 heavy (non-hydrogen) atoms. The topological polar surface area (TPSA) is 53.4 Å². The molecule has 0 radical (unpaired) electrons. The fourth-order valence-electron chi connectivity index (χ4n) is 1.44. The van der Waals surface area contributed by atoms with Gasteiger partial charge in [0, 0.05) is 16.8 Å². The zero-order valence-electron chi connectivity index (χ0n) is 8.34. The monoisotopic (exact) mass is 233 g/mol. The molecule has 1 heterocycles. The molecule has 0 amide bonds. The minimum Gasteiger partial charge on any atom is -0.423 e.